The van der Waals surface area contributed by atoms with Gasteiger partial charge in [-0.25, -0.2) is 0 Å². The Balaban J connectivity index is 1.64. The van der Waals surface area contributed by atoms with E-state index in [-0.39, 0.29) is 17.8 Å². The summed E-state index contributed by atoms with van der Waals surface area (Å²) in [6, 6.07) is 14.4. The van der Waals surface area contributed by atoms with Crippen LogP contribution in [-0.2, 0) is 4.79 Å². The van der Waals surface area contributed by atoms with E-state index in [1.807, 2.05) is 12.1 Å². The largest absolute Gasteiger partial charge is 0.343 e. The number of nitro groups is 1. The van der Waals surface area contributed by atoms with Crippen LogP contribution in [0.15, 0.2) is 60.8 Å². The van der Waals surface area contributed by atoms with Gasteiger partial charge in [0.1, 0.15) is 0 Å². The smallest absolute Gasteiger partial charge is 0.270 e. The maximum Gasteiger partial charge on any atom is 0.270 e. The summed E-state index contributed by atoms with van der Waals surface area (Å²) in [5.41, 5.74) is 1.11. The number of nitrogens with zero attached hydrogens (tertiary/aromatic N) is 2. The number of aromatic nitrogens is 1. The second-order valence-electron chi connectivity index (χ2n) is 5.42. The Morgan fingerprint density at radius 2 is 1.85 bits per heavy atom. The lowest BCUT2D eigenvalue weighted by molar-refractivity contribution is -0.384. The summed E-state index contributed by atoms with van der Waals surface area (Å²) in [4.78, 5) is 38.6. The van der Waals surface area contributed by atoms with Crippen molar-refractivity contribution in [2.24, 2.45) is 0 Å². The van der Waals surface area contributed by atoms with Crippen LogP contribution < -0.4 is 10.6 Å². The van der Waals surface area contributed by atoms with Crippen LogP contribution in [-0.4, -0.2) is 28.3 Å². The average Bonchev–Trinajstić information content (AvgIpc) is 2.66. The minimum atomic E-state index is -0.586. The molecule has 0 saturated heterocycles. The molecule has 2 amide bonds. The molecule has 0 saturated carbocycles. The van der Waals surface area contributed by atoms with E-state index in [1.54, 1.807) is 24.4 Å². The van der Waals surface area contributed by atoms with Gasteiger partial charge in [-0.3, -0.25) is 24.7 Å². The van der Waals surface area contributed by atoms with Gasteiger partial charge in [-0.2, -0.15) is 0 Å². The number of amides is 2. The highest BCUT2D eigenvalue weighted by Gasteiger charge is 2.13. The Morgan fingerprint density at radius 1 is 1.08 bits per heavy atom. The van der Waals surface area contributed by atoms with Gasteiger partial charge >= 0.3 is 0 Å². The Labute approximate surface area is 148 Å². The minimum absolute atomic E-state index is 0.110. The van der Waals surface area contributed by atoms with E-state index in [0.717, 1.165) is 11.5 Å². The summed E-state index contributed by atoms with van der Waals surface area (Å²) in [6.07, 6.45) is 1.63. The first-order chi connectivity index (χ1) is 12.5. The molecule has 0 bridgehead atoms. The lowest BCUT2D eigenvalue weighted by Gasteiger charge is -2.09. The number of rotatable bonds is 5. The van der Waals surface area contributed by atoms with Crippen molar-refractivity contribution >= 4 is 34.1 Å². The van der Waals surface area contributed by atoms with Gasteiger partial charge < -0.3 is 10.6 Å². The van der Waals surface area contributed by atoms with Crippen LogP contribution in [0.1, 0.15) is 10.4 Å². The normalized spacial score (nSPS) is 10.3. The number of nitrogens with one attached hydrogen (secondary N) is 2. The van der Waals surface area contributed by atoms with Crippen molar-refractivity contribution in [1.29, 1.82) is 0 Å². The molecule has 26 heavy (non-hydrogen) atoms. The van der Waals surface area contributed by atoms with Gasteiger partial charge in [-0.05, 0) is 18.2 Å². The number of para-hydroxylation sites is 1. The van der Waals surface area contributed by atoms with E-state index < -0.39 is 16.7 Å². The van der Waals surface area contributed by atoms with Crippen LogP contribution in [0, 0.1) is 10.1 Å². The number of non-ortho nitro benzene ring substituents is 1. The molecular formula is C18H14N4O4. The standard InChI is InChI=1S/C18H14N4O4/c23-16(21-15-8-2-4-12-6-3-9-19-17(12)15)11-20-18(24)13-5-1-7-14(10-13)22(25)26/h1-10H,11H2,(H,20,24)(H,21,23). The summed E-state index contributed by atoms with van der Waals surface area (Å²) in [7, 11) is 0. The molecule has 1 heterocycles. The number of carbonyl (C=O) groups is 2. The van der Waals surface area contributed by atoms with Crippen LogP contribution in [0.25, 0.3) is 10.9 Å². The van der Waals surface area contributed by atoms with Crippen LogP contribution in [0.4, 0.5) is 11.4 Å². The Kier molecular flexibility index (Phi) is 4.84. The fourth-order valence-electron chi connectivity index (χ4n) is 2.42. The topological polar surface area (TPSA) is 114 Å². The number of nitro benzene ring substituents is 1. The first-order valence-corrected chi connectivity index (χ1v) is 7.71. The Morgan fingerprint density at radius 3 is 2.65 bits per heavy atom. The van der Waals surface area contributed by atoms with Crippen molar-refractivity contribution in [2.75, 3.05) is 11.9 Å². The predicted octanol–water partition coefficient (Wildman–Crippen LogP) is 2.51. The first kappa shape index (κ1) is 17.0. The molecule has 3 rings (SSSR count). The summed E-state index contributed by atoms with van der Waals surface area (Å²) in [5, 5.41) is 16.8. The highest BCUT2D eigenvalue weighted by Crippen LogP contribution is 2.20. The number of hydrogen-bond acceptors (Lipinski definition) is 5. The molecule has 0 unspecified atom stereocenters. The zero-order chi connectivity index (χ0) is 18.5. The van der Waals surface area contributed by atoms with Gasteiger partial charge in [0.15, 0.2) is 0 Å². The number of hydrogen-bond donors (Lipinski definition) is 2. The van der Waals surface area contributed by atoms with Gasteiger partial charge in [-0.1, -0.05) is 24.3 Å². The fraction of sp³-hybridized carbons (Fsp3) is 0.0556. The first-order valence-electron chi connectivity index (χ1n) is 7.71. The van der Waals surface area contributed by atoms with E-state index >= 15 is 0 Å². The lowest BCUT2D eigenvalue weighted by atomic mass is 10.2. The molecular weight excluding hydrogens is 336 g/mol. The van der Waals surface area contributed by atoms with Crippen molar-refractivity contribution in [1.82, 2.24) is 10.3 Å². The Bertz CT molecular complexity index is 998. The highest BCUT2D eigenvalue weighted by atomic mass is 16.6. The second-order valence-corrected chi connectivity index (χ2v) is 5.42. The third-order valence-corrected chi connectivity index (χ3v) is 3.64. The molecule has 8 heteroatoms. The molecule has 0 aliphatic rings. The van der Waals surface area contributed by atoms with Crippen LogP contribution in [0.5, 0.6) is 0 Å². The monoisotopic (exact) mass is 350 g/mol. The molecule has 1 aromatic heterocycles. The lowest BCUT2D eigenvalue weighted by Crippen LogP contribution is -2.32. The van der Waals surface area contributed by atoms with Crippen molar-refractivity contribution in [3.63, 3.8) is 0 Å². The Hall–Kier alpha value is -3.81. The summed E-state index contributed by atoms with van der Waals surface area (Å²) in [5.74, 6) is -0.998. The predicted molar refractivity (Wildman–Crippen MR) is 95.8 cm³/mol. The zero-order valence-corrected chi connectivity index (χ0v) is 13.5. The maximum atomic E-state index is 12.1. The fourth-order valence-corrected chi connectivity index (χ4v) is 2.42. The number of pyridine rings is 1. The molecule has 0 fully saturated rings. The molecule has 2 aromatic carbocycles. The van der Waals surface area contributed by atoms with Crippen LogP contribution in [0.3, 0.4) is 0 Å². The van der Waals surface area contributed by atoms with E-state index in [2.05, 4.69) is 15.6 Å². The SMILES string of the molecule is O=C(CNC(=O)c1cccc([N+](=O)[O-])c1)Nc1cccc2cccnc12. The second kappa shape index (κ2) is 7.39. The minimum Gasteiger partial charge on any atom is -0.343 e. The molecule has 2 N–H and O–H groups in total. The van der Waals surface area contributed by atoms with E-state index in [0.29, 0.717) is 11.2 Å². The number of fused-ring (bicyclic) bond motifs is 1. The van der Waals surface area contributed by atoms with Crippen molar-refractivity contribution in [2.45, 2.75) is 0 Å². The zero-order valence-electron chi connectivity index (χ0n) is 13.5. The molecule has 0 aliphatic carbocycles. The van der Waals surface area contributed by atoms with Crippen molar-refractivity contribution in [3.8, 4) is 0 Å². The van der Waals surface area contributed by atoms with E-state index in [9.17, 15) is 19.7 Å². The van der Waals surface area contributed by atoms with Gasteiger partial charge in [0, 0.05) is 29.3 Å². The number of anilines is 1. The summed E-state index contributed by atoms with van der Waals surface area (Å²) in [6.45, 7) is -0.273. The molecule has 0 aliphatic heterocycles. The van der Waals surface area contributed by atoms with E-state index in [4.69, 9.17) is 0 Å². The molecule has 0 atom stereocenters. The molecule has 3 aromatic rings. The third-order valence-electron chi connectivity index (χ3n) is 3.64. The number of carbonyl (C=O) groups excluding carboxylic acids is 2. The average molecular weight is 350 g/mol. The maximum absolute atomic E-state index is 12.1. The number of benzene rings is 2. The van der Waals surface area contributed by atoms with Gasteiger partial charge in [0.2, 0.25) is 5.91 Å². The third kappa shape index (κ3) is 3.81. The quantitative estimate of drug-likeness (QED) is 0.542. The molecule has 0 spiro atoms. The highest BCUT2D eigenvalue weighted by molar-refractivity contribution is 6.03. The van der Waals surface area contributed by atoms with Crippen LogP contribution in [0.2, 0.25) is 0 Å². The van der Waals surface area contributed by atoms with Crippen molar-refractivity contribution < 1.29 is 14.5 Å². The van der Waals surface area contributed by atoms with Gasteiger partial charge in [-0.15, -0.1) is 0 Å². The summed E-state index contributed by atoms with van der Waals surface area (Å²) >= 11 is 0. The molecule has 8 nitrogen and oxygen atoms in total. The van der Waals surface area contributed by atoms with Crippen molar-refractivity contribution in [3.05, 3.63) is 76.5 Å². The molecule has 0 radical (unpaired) electrons. The summed E-state index contributed by atoms with van der Waals surface area (Å²) < 4.78 is 0. The van der Waals surface area contributed by atoms with Crippen LogP contribution >= 0.6 is 0 Å². The van der Waals surface area contributed by atoms with Gasteiger partial charge in [0.25, 0.3) is 11.6 Å². The molecule has 130 valence electrons. The van der Waals surface area contributed by atoms with E-state index in [1.165, 1.54) is 18.2 Å². The van der Waals surface area contributed by atoms with Gasteiger partial charge in [0.05, 0.1) is 22.7 Å².